The number of amides is 1. The van der Waals surface area contributed by atoms with Gasteiger partial charge in [0.25, 0.3) is 0 Å². The Labute approximate surface area is 195 Å². The third-order valence-electron chi connectivity index (χ3n) is 6.23. The zero-order valence-electron chi connectivity index (χ0n) is 19.8. The van der Waals surface area contributed by atoms with Crippen LogP contribution >= 0.6 is 0 Å². The van der Waals surface area contributed by atoms with Crippen LogP contribution in [0.5, 0.6) is 11.5 Å². The van der Waals surface area contributed by atoms with Gasteiger partial charge in [-0.15, -0.1) is 0 Å². The van der Waals surface area contributed by atoms with Crippen molar-refractivity contribution in [1.29, 1.82) is 0 Å². The van der Waals surface area contributed by atoms with Crippen molar-refractivity contribution in [2.75, 3.05) is 26.8 Å². The number of carbonyl (C=O) groups is 1. The van der Waals surface area contributed by atoms with E-state index in [2.05, 4.69) is 22.8 Å². The van der Waals surface area contributed by atoms with Crippen LogP contribution in [0.15, 0.2) is 48.5 Å². The first-order chi connectivity index (χ1) is 16.1. The van der Waals surface area contributed by atoms with Crippen LogP contribution in [-0.2, 0) is 11.3 Å². The summed E-state index contributed by atoms with van der Waals surface area (Å²) in [4.78, 5) is 19.2. The Balaban J connectivity index is 1.40. The number of nitrogens with zero attached hydrogens (tertiary/aromatic N) is 3. The molecule has 1 unspecified atom stereocenters. The van der Waals surface area contributed by atoms with Crippen LogP contribution in [-0.4, -0.2) is 47.2 Å². The van der Waals surface area contributed by atoms with Gasteiger partial charge in [-0.1, -0.05) is 30.4 Å². The topological polar surface area (TPSA) is 56.6 Å². The number of unbranched alkanes of at least 4 members (excludes halogenated alkanes) is 1. The summed E-state index contributed by atoms with van der Waals surface area (Å²) in [6.45, 7) is 7.01. The highest BCUT2D eigenvalue weighted by molar-refractivity contribution is 5.80. The first-order valence-corrected chi connectivity index (χ1v) is 11.8. The van der Waals surface area contributed by atoms with E-state index in [0.717, 1.165) is 66.4 Å². The van der Waals surface area contributed by atoms with Gasteiger partial charge in [0.1, 0.15) is 5.82 Å². The Morgan fingerprint density at radius 3 is 2.76 bits per heavy atom. The fourth-order valence-corrected chi connectivity index (χ4v) is 4.55. The highest BCUT2D eigenvalue weighted by Gasteiger charge is 2.33. The molecule has 6 heteroatoms. The van der Waals surface area contributed by atoms with Crippen molar-refractivity contribution in [1.82, 2.24) is 14.5 Å². The predicted molar refractivity (Wildman–Crippen MR) is 132 cm³/mol. The van der Waals surface area contributed by atoms with Gasteiger partial charge in [0.05, 0.1) is 24.8 Å². The average Bonchev–Trinajstić information content (AvgIpc) is 3.39. The fourth-order valence-electron chi connectivity index (χ4n) is 4.55. The molecule has 0 bridgehead atoms. The Morgan fingerprint density at radius 1 is 1.15 bits per heavy atom. The van der Waals surface area contributed by atoms with E-state index in [1.54, 1.807) is 7.11 Å². The van der Waals surface area contributed by atoms with Crippen LogP contribution in [0.2, 0.25) is 0 Å². The highest BCUT2D eigenvalue weighted by atomic mass is 16.5. The maximum Gasteiger partial charge on any atom is 0.223 e. The van der Waals surface area contributed by atoms with Gasteiger partial charge in [-0.2, -0.15) is 0 Å². The average molecular weight is 448 g/mol. The minimum atomic E-state index is 0.154. The molecule has 33 heavy (non-hydrogen) atoms. The third kappa shape index (κ3) is 5.05. The number of benzene rings is 2. The van der Waals surface area contributed by atoms with Crippen molar-refractivity contribution < 1.29 is 14.3 Å². The molecule has 0 aliphatic carbocycles. The third-order valence-corrected chi connectivity index (χ3v) is 6.23. The molecular formula is C27H33N3O3. The molecule has 1 aromatic heterocycles. The van der Waals surface area contributed by atoms with Crippen LogP contribution < -0.4 is 9.47 Å². The molecule has 6 nitrogen and oxygen atoms in total. The minimum absolute atomic E-state index is 0.154. The van der Waals surface area contributed by atoms with Gasteiger partial charge in [0.15, 0.2) is 11.5 Å². The maximum absolute atomic E-state index is 12.3. The van der Waals surface area contributed by atoms with Gasteiger partial charge in [-0.05, 0) is 56.5 Å². The SMILES string of the molecule is C/C=C/c1ccc(OCCCCn2c(C3CC(=O)N(CC)C3)nc3ccccc32)c(OC)c1. The van der Waals surface area contributed by atoms with Crippen molar-refractivity contribution in [3.05, 3.63) is 59.9 Å². The number of aryl methyl sites for hydroxylation is 1. The smallest absolute Gasteiger partial charge is 0.223 e. The number of rotatable bonds is 10. The number of ether oxygens (including phenoxy) is 2. The van der Waals surface area contributed by atoms with Crippen molar-refractivity contribution in [2.45, 2.75) is 45.6 Å². The number of likely N-dealkylation sites (tertiary alicyclic amines) is 1. The van der Waals surface area contributed by atoms with E-state index in [9.17, 15) is 4.79 Å². The van der Waals surface area contributed by atoms with Crippen molar-refractivity contribution in [2.24, 2.45) is 0 Å². The first kappa shape index (κ1) is 22.9. The van der Waals surface area contributed by atoms with Crippen LogP contribution in [0, 0.1) is 0 Å². The lowest BCUT2D eigenvalue weighted by Crippen LogP contribution is -2.24. The Kier molecular flexibility index (Phi) is 7.33. The number of aromatic nitrogens is 2. The molecule has 1 aliphatic heterocycles. The number of hydrogen-bond donors (Lipinski definition) is 0. The van der Waals surface area contributed by atoms with Gasteiger partial charge < -0.3 is 18.9 Å². The molecule has 1 atom stereocenters. The predicted octanol–water partition coefficient (Wildman–Crippen LogP) is 5.27. The van der Waals surface area contributed by atoms with E-state index >= 15 is 0 Å². The molecule has 2 aromatic carbocycles. The van der Waals surface area contributed by atoms with E-state index in [-0.39, 0.29) is 11.8 Å². The molecule has 1 aliphatic rings. The summed E-state index contributed by atoms with van der Waals surface area (Å²) >= 11 is 0. The molecule has 3 aromatic rings. The molecule has 0 radical (unpaired) electrons. The van der Waals surface area contributed by atoms with E-state index in [4.69, 9.17) is 14.5 Å². The van der Waals surface area contributed by atoms with E-state index < -0.39 is 0 Å². The number of imidazole rings is 1. The maximum atomic E-state index is 12.3. The number of fused-ring (bicyclic) bond motifs is 1. The summed E-state index contributed by atoms with van der Waals surface area (Å²) in [5.74, 6) is 2.93. The molecule has 174 valence electrons. The van der Waals surface area contributed by atoms with Crippen LogP contribution in [0.25, 0.3) is 17.1 Å². The molecule has 1 amide bonds. The summed E-state index contributed by atoms with van der Waals surface area (Å²) in [5, 5.41) is 0. The first-order valence-electron chi connectivity index (χ1n) is 11.8. The second-order valence-electron chi connectivity index (χ2n) is 8.41. The lowest BCUT2D eigenvalue weighted by Gasteiger charge is -2.16. The summed E-state index contributed by atoms with van der Waals surface area (Å²) in [7, 11) is 1.67. The molecule has 0 saturated carbocycles. The van der Waals surface area contributed by atoms with Crippen LogP contribution in [0.1, 0.15) is 50.4 Å². The Morgan fingerprint density at radius 2 is 2.00 bits per heavy atom. The lowest BCUT2D eigenvalue weighted by atomic mass is 10.1. The minimum Gasteiger partial charge on any atom is -0.493 e. The molecular weight excluding hydrogens is 414 g/mol. The zero-order chi connectivity index (χ0) is 23.2. The molecule has 1 fully saturated rings. The highest BCUT2D eigenvalue weighted by Crippen LogP contribution is 2.31. The van der Waals surface area contributed by atoms with E-state index in [1.165, 1.54) is 0 Å². The Hall–Kier alpha value is -3.28. The van der Waals surface area contributed by atoms with Gasteiger partial charge in [0.2, 0.25) is 5.91 Å². The fraction of sp³-hybridized carbons (Fsp3) is 0.407. The lowest BCUT2D eigenvalue weighted by molar-refractivity contribution is -0.127. The van der Waals surface area contributed by atoms with Gasteiger partial charge in [-0.3, -0.25) is 4.79 Å². The van der Waals surface area contributed by atoms with Gasteiger partial charge in [0, 0.05) is 32.0 Å². The largest absolute Gasteiger partial charge is 0.493 e. The molecule has 1 saturated heterocycles. The summed E-state index contributed by atoms with van der Waals surface area (Å²) in [6.07, 6.45) is 6.46. The van der Waals surface area contributed by atoms with Gasteiger partial charge >= 0.3 is 0 Å². The standard InChI is InChI=1S/C27H33N3O3/c1-4-10-20-13-14-24(25(17-20)32-3)33-16-9-8-15-30-23-12-7-6-11-22(23)28-27(30)21-18-26(31)29(5-2)19-21/h4,6-7,10-14,17,21H,5,8-9,15-16,18-19H2,1-3H3/b10-4+. The molecule has 0 N–H and O–H groups in total. The van der Waals surface area contributed by atoms with Crippen LogP contribution in [0.3, 0.4) is 0 Å². The second kappa shape index (κ2) is 10.6. The number of carbonyl (C=O) groups excluding carboxylic acids is 1. The number of allylic oxidation sites excluding steroid dienone is 1. The monoisotopic (exact) mass is 447 g/mol. The van der Waals surface area contributed by atoms with Crippen molar-refractivity contribution in [3.8, 4) is 11.5 Å². The molecule has 0 spiro atoms. The van der Waals surface area contributed by atoms with E-state index in [0.29, 0.717) is 13.0 Å². The van der Waals surface area contributed by atoms with Crippen molar-refractivity contribution >= 4 is 23.0 Å². The van der Waals surface area contributed by atoms with Crippen molar-refractivity contribution in [3.63, 3.8) is 0 Å². The number of hydrogen-bond acceptors (Lipinski definition) is 4. The number of para-hydroxylation sites is 2. The quantitative estimate of drug-likeness (QED) is 0.397. The second-order valence-corrected chi connectivity index (χ2v) is 8.41. The van der Waals surface area contributed by atoms with Gasteiger partial charge in [-0.25, -0.2) is 4.98 Å². The normalized spacial score (nSPS) is 16.3. The van der Waals surface area contributed by atoms with Crippen LogP contribution in [0.4, 0.5) is 0 Å². The summed E-state index contributed by atoms with van der Waals surface area (Å²) < 4.78 is 13.8. The summed E-state index contributed by atoms with van der Waals surface area (Å²) in [5.41, 5.74) is 3.22. The zero-order valence-corrected chi connectivity index (χ0v) is 19.8. The molecule has 4 rings (SSSR count). The Bertz CT molecular complexity index is 1130. The summed E-state index contributed by atoms with van der Waals surface area (Å²) in [6, 6.07) is 14.2. The van der Waals surface area contributed by atoms with E-state index in [1.807, 2.05) is 55.2 Å². The number of methoxy groups -OCH3 is 1. The molecule has 2 heterocycles. The number of likely N-dealkylation sites (N-methyl/N-ethyl adjacent to an activating group) is 1.